The summed E-state index contributed by atoms with van der Waals surface area (Å²) in [4.78, 5) is 14.0. The fraction of sp³-hybridized carbons (Fsp3) is 0.611. The third kappa shape index (κ3) is 3.95. The van der Waals surface area contributed by atoms with E-state index in [9.17, 15) is 15.0 Å². The first-order chi connectivity index (χ1) is 11.9. The minimum Gasteiger partial charge on any atom is -0.497 e. The lowest BCUT2D eigenvalue weighted by molar-refractivity contribution is -0.292. The fourth-order valence-electron chi connectivity index (χ4n) is 3.50. The summed E-state index contributed by atoms with van der Waals surface area (Å²) in [7, 11) is 1.61. The molecular formula is C18H25NO5S. The van der Waals surface area contributed by atoms with Gasteiger partial charge >= 0.3 is 0 Å². The molecule has 0 saturated carbocycles. The van der Waals surface area contributed by atoms with Crippen LogP contribution >= 0.6 is 11.8 Å². The van der Waals surface area contributed by atoms with Gasteiger partial charge in [-0.2, -0.15) is 0 Å². The number of amides is 1. The van der Waals surface area contributed by atoms with E-state index in [0.29, 0.717) is 25.1 Å². The van der Waals surface area contributed by atoms with Crippen molar-refractivity contribution in [3.63, 3.8) is 0 Å². The SMILES string of the molecule is CC[C@@H]1C[C@@H](O)C[C@](O)(C2CSC(=O)N2Cc2ccc(OC)cc2)O1. The van der Waals surface area contributed by atoms with E-state index in [4.69, 9.17) is 9.47 Å². The molecule has 0 spiro atoms. The standard InChI is InChI=1S/C18H25NO5S/c1-3-14-8-13(20)9-18(22,24-14)16-11-25-17(21)19(16)10-12-4-6-15(23-2)7-5-12/h4-7,13-14,16,20,22H,3,8-11H2,1-2H3/t13-,14-,16?,18-/m1/s1. The van der Waals surface area contributed by atoms with Gasteiger partial charge in [0.15, 0.2) is 5.79 Å². The van der Waals surface area contributed by atoms with Gasteiger partial charge in [-0.05, 0) is 30.5 Å². The van der Waals surface area contributed by atoms with Crippen LogP contribution in [-0.2, 0) is 11.3 Å². The molecule has 6 nitrogen and oxygen atoms in total. The number of aliphatic hydroxyl groups excluding tert-OH is 1. The molecule has 2 fully saturated rings. The predicted molar refractivity (Wildman–Crippen MR) is 95.5 cm³/mol. The fourth-order valence-corrected chi connectivity index (χ4v) is 4.60. The van der Waals surface area contributed by atoms with E-state index in [1.807, 2.05) is 31.2 Å². The van der Waals surface area contributed by atoms with Gasteiger partial charge in [0.05, 0.1) is 25.4 Å². The summed E-state index contributed by atoms with van der Waals surface area (Å²) in [5.74, 6) is -0.302. The highest BCUT2D eigenvalue weighted by molar-refractivity contribution is 8.13. The number of hydrogen-bond donors (Lipinski definition) is 2. The van der Waals surface area contributed by atoms with E-state index in [1.165, 1.54) is 11.8 Å². The molecule has 1 aromatic carbocycles. The zero-order valence-corrected chi connectivity index (χ0v) is 15.4. The number of thioether (sulfide) groups is 1. The molecule has 0 aromatic heterocycles. The third-order valence-electron chi connectivity index (χ3n) is 4.90. The second-order valence-electron chi connectivity index (χ2n) is 6.66. The Morgan fingerprint density at radius 2 is 2.12 bits per heavy atom. The number of carbonyl (C=O) groups is 1. The first-order valence-electron chi connectivity index (χ1n) is 8.59. The average Bonchev–Trinajstić information content (AvgIpc) is 2.96. The van der Waals surface area contributed by atoms with Gasteiger partial charge in [0.1, 0.15) is 5.75 Å². The smallest absolute Gasteiger partial charge is 0.282 e. The Balaban J connectivity index is 1.78. The summed E-state index contributed by atoms with van der Waals surface area (Å²) >= 11 is 1.18. The van der Waals surface area contributed by atoms with Crippen LogP contribution in [0.2, 0.25) is 0 Å². The van der Waals surface area contributed by atoms with Crippen LogP contribution < -0.4 is 4.74 Å². The zero-order chi connectivity index (χ0) is 18.0. The van der Waals surface area contributed by atoms with Crippen molar-refractivity contribution in [1.29, 1.82) is 0 Å². The van der Waals surface area contributed by atoms with Crippen LogP contribution in [0, 0.1) is 0 Å². The van der Waals surface area contributed by atoms with Gasteiger partial charge in [0, 0.05) is 18.7 Å². The molecule has 2 heterocycles. The summed E-state index contributed by atoms with van der Waals surface area (Å²) in [6.07, 6.45) is 0.544. The molecule has 25 heavy (non-hydrogen) atoms. The molecule has 2 N–H and O–H groups in total. The Morgan fingerprint density at radius 1 is 1.40 bits per heavy atom. The van der Waals surface area contributed by atoms with Crippen LogP contribution in [0.3, 0.4) is 0 Å². The highest BCUT2D eigenvalue weighted by Gasteiger charge is 2.51. The van der Waals surface area contributed by atoms with E-state index < -0.39 is 17.9 Å². The molecule has 1 amide bonds. The molecule has 2 aliphatic heterocycles. The summed E-state index contributed by atoms with van der Waals surface area (Å²) in [5, 5.41) is 21.1. The number of benzene rings is 1. The molecule has 0 radical (unpaired) electrons. The molecule has 0 bridgehead atoms. The molecule has 2 saturated heterocycles. The summed E-state index contributed by atoms with van der Waals surface area (Å²) in [6, 6.07) is 7.03. The van der Waals surface area contributed by atoms with Crippen LogP contribution in [-0.4, -0.2) is 57.3 Å². The Bertz CT molecular complexity index is 610. The lowest BCUT2D eigenvalue weighted by Crippen LogP contribution is -2.58. The molecule has 7 heteroatoms. The van der Waals surface area contributed by atoms with Gasteiger partial charge in [0.2, 0.25) is 0 Å². The van der Waals surface area contributed by atoms with Crippen molar-refractivity contribution in [2.75, 3.05) is 12.9 Å². The minimum atomic E-state index is -1.51. The highest BCUT2D eigenvalue weighted by atomic mass is 32.2. The molecular weight excluding hydrogens is 342 g/mol. The number of methoxy groups -OCH3 is 1. The molecule has 138 valence electrons. The molecule has 4 atom stereocenters. The Hall–Kier alpha value is -1.28. The zero-order valence-electron chi connectivity index (χ0n) is 14.6. The summed E-state index contributed by atoms with van der Waals surface area (Å²) < 4.78 is 11.1. The monoisotopic (exact) mass is 367 g/mol. The van der Waals surface area contributed by atoms with Gasteiger partial charge in [-0.25, -0.2) is 0 Å². The quantitative estimate of drug-likeness (QED) is 0.832. The van der Waals surface area contributed by atoms with Crippen LogP contribution in [0.4, 0.5) is 4.79 Å². The van der Waals surface area contributed by atoms with Crippen molar-refractivity contribution >= 4 is 17.0 Å². The first-order valence-corrected chi connectivity index (χ1v) is 9.58. The van der Waals surface area contributed by atoms with Crippen molar-refractivity contribution in [3.05, 3.63) is 29.8 Å². The average molecular weight is 367 g/mol. The van der Waals surface area contributed by atoms with Crippen molar-refractivity contribution < 1.29 is 24.5 Å². The molecule has 1 aromatic rings. The number of ether oxygens (including phenoxy) is 2. The van der Waals surface area contributed by atoms with E-state index in [1.54, 1.807) is 12.0 Å². The summed E-state index contributed by atoms with van der Waals surface area (Å²) in [5.41, 5.74) is 0.952. The second-order valence-corrected chi connectivity index (χ2v) is 7.63. The van der Waals surface area contributed by atoms with Gasteiger partial charge < -0.3 is 24.6 Å². The van der Waals surface area contributed by atoms with Crippen molar-refractivity contribution in [2.24, 2.45) is 0 Å². The maximum atomic E-state index is 12.4. The third-order valence-corrected chi connectivity index (χ3v) is 5.86. The van der Waals surface area contributed by atoms with Crippen LogP contribution in [0.15, 0.2) is 24.3 Å². The van der Waals surface area contributed by atoms with Crippen LogP contribution in [0.5, 0.6) is 5.75 Å². The van der Waals surface area contributed by atoms with E-state index in [0.717, 1.165) is 11.3 Å². The van der Waals surface area contributed by atoms with Gasteiger partial charge in [-0.1, -0.05) is 30.8 Å². The Morgan fingerprint density at radius 3 is 2.76 bits per heavy atom. The van der Waals surface area contributed by atoms with Gasteiger partial charge in [0.25, 0.3) is 5.24 Å². The van der Waals surface area contributed by atoms with Crippen molar-refractivity contribution in [2.45, 2.75) is 56.8 Å². The predicted octanol–water partition coefficient (Wildman–Crippen LogP) is 2.37. The molecule has 3 rings (SSSR count). The Labute approximate surface area is 152 Å². The van der Waals surface area contributed by atoms with Crippen LogP contribution in [0.1, 0.15) is 31.7 Å². The second kappa shape index (κ2) is 7.53. The van der Waals surface area contributed by atoms with Crippen molar-refractivity contribution in [1.82, 2.24) is 4.90 Å². The van der Waals surface area contributed by atoms with E-state index in [2.05, 4.69) is 0 Å². The van der Waals surface area contributed by atoms with Gasteiger partial charge in [-0.15, -0.1) is 0 Å². The maximum Gasteiger partial charge on any atom is 0.282 e. The minimum absolute atomic E-state index is 0.0778. The maximum absolute atomic E-state index is 12.4. The number of carbonyl (C=O) groups excluding carboxylic acids is 1. The number of hydrogen-bond acceptors (Lipinski definition) is 6. The number of rotatable bonds is 5. The number of aliphatic hydroxyl groups is 2. The lowest BCUT2D eigenvalue weighted by atomic mass is 9.92. The topological polar surface area (TPSA) is 79.2 Å². The largest absolute Gasteiger partial charge is 0.497 e. The van der Waals surface area contributed by atoms with E-state index >= 15 is 0 Å². The number of nitrogens with zero attached hydrogens (tertiary/aromatic N) is 1. The Kier molecular flexibility index (Phi) is 5.58. The van der Waals surface area contributed by atoms with E-state index in [-0.39, 0.29) is 17.8 Å². The first kappa shape index (κ1) is 18.5. The summed E-state index contributed by atoms with van der Waals surface area (Å²) in [6.45, 7) is 2.35. The molecule has 2 aliphatic rings. The van der Waals surface area contributed by atoms with Crippen LogP contribution in [0.25, 0.3) is 0 Å². The lowest BCUT2D eigenvalue weighted by Gasteiger charge is -2.45. The van der Waals surface area contributed by atoms with Crippen molar-refractivity contribution in [3.8, 4) is 5.75 Å². The molecule has 0 aliphatic carbocycles. The highest BCUT2D eigenvalue weighted by Crippen LogP contribution is 2.39. The normalized spacial score (nSPS) is 32.9. The molecule has 1 unspecified atom stereocenters. The van der Waals surface area contributed by atoms with Gasteiger partial charge in [-0.3, -0.25) is 4.79 Å².